The molecule has 2 aliphatic rings. The third-order valence-corrected chi connectivity index (χ3v) is 7.35. The minimum absolute atomic E-state index is 0.173. The van der Waals surface area contributed by atoms with Crippen LogP contribution in [0, 0.1) is 12.8 Å². The highest BCUT2D eigenvalue weighted by molar-refractivity contribution is 7.89. The first-order valence-electron chi connectivity index (χ1n) is 9.37. The van der Waals surface area contributed by atoms with Gasteiger partial charge in [0.25, 0.3) is 5.91 Å². The number of hydrogen-bond donors (Lipinski definition) is 1. The van der Waals surface area contributed by atoms with Crippen LogP contribution in [0.5, 0.6) is 0 Å². The Hall–Kier alpha value is -1.44. The van der Waals surface area contributed by atoms with Gasteiger partial charge in [-0.1, -0.05) is 25.8 Å². The summed E-state index contributed by atoms with van der Waals surface area (Å²) >= 11 is 0. The molecular weight excluding hydrogens is 352 g/mol. The molecule has 1 aliphatic heterocycles. The number of carbonyl (C=O) groups excluding carboxylic acids is 1. The van der Waals surface area contributed by atoms with Crippen LogP contribution < -0.4 is 5.32 Å². The van der Waals surface area contributed by atoms with Crippen molar-refractivity contribution in [1.29, 1.82) is 0 Å². The summed E-state index contributed by atoms with van der Waals surface area (Å²) in [6.45, 7) is 5.46. The first-order valence-corrected chi connectivity index (χ1v) is 10.8. The molecule has 1 saturated carbocycles. The Morgan fingerprint density at radius 2 is 1.96 bits per heavy atom. The highest BCUT2D eigenvalue weighted by Gasteiger charge is 2.29. The molecule has 1 aromatic carbocycles. The van der Waals surface area contributed by atoms with Crippen molar-refractivity contribution in [2.24, 2.45) is 5.92 Å². The zero-order valence-corrected chi connectivity index (χ0v) is 16.3. The molecule has 144 valence electrons. The highest BCUT2D eigenvalue weighted by Crippen LogP contribution is 2.25. The molecule has 2 fully saturated rings. The number of nitrogens with zero attached hydrogens (tertiary/aromatic N) is 1. The molecule has 1 amide bonds. The fourth-order valence-corrected chi connectivity index (χ4v) is 5.44. The second-order valence-corrected chi connectivity index (χ2v) is 9.35. The van der Waals surface area contributed by atoms with Gasteiger partial charge in [0, 0.05) is 24.7 Å². The Morgan fingerprint density at radius 1 is 1.23 bits per heavy atom. The van der Waals surface area contributed by atoms with Gasteiger partial charge in [-0.25, -0.2) is 8.42 Å². The molecule has 6 nitrogen and oxygen atoms in total. The molecule has 2 unspecified atom stereocenters. The van der Waals surface area contributed by atoms with Crippen molar-refractivity contribution in [3.8, 4) is 0 Å². The molecule has 1 N–H and O–H groups in total. The van der Waals surface area contributed by atoms with Crippen LogP contribution in [-0.4, -0.2) is 51.0 Å². The van der Waals surface area contributed by atoms with E-state index in [1.807, 2.05) is 0 Å². The lowest BCUT2D eigenvalue weighted by molar-refractivity contribution is 0.0730. The molecular formula is C19H28N2O4S. The fraction of sp³-hybridized carbons (Fsp3) is 0.632. The van der Waals surface area contributed by atoms with Crippen LogP contribution in [0.1, 0.15) is 48.5 Å². The lowest BCUT2D eigenvalue weighted by Gasteiger charge is -2.28. The van der Waals surface area contributed by atoms with Gasteiger partial charge in [-0.3, -0.25) is 4.79 Å². The lowest BCUT2D eigenvalue weighted by Crippen LogP contribution is -2.41. The maximum absolute atomic E-state index is 13.0. The second-order valence-electron chi connectivity index (χ2n) is 7.44. The standard InChI is InChI=1S/C19H28N2O4S/c1-14-4-3-5-17(12-14)20-19(22)16-7-6-15(2)18(13-16)26(23,24)21-8-10-25-11-9-21/h6-7,13-14,17H,3-5,8-12H2,1-2H3,(H,20,22). The smallest absolute Gasteiger partial charge is 0.251 e. The minimum Gasteiger partial charge on any atom is -0.379 e. The summed E-state index contributed by atoms with van der Waals surface area (Å²) in [6, 6.07) is 5.11. The number of rotatable bonds is 4. The molecule has 1 heterocycles. The number of ether oxygens (including phenoxy) is 1. The number of hydrogen-bond acceptors (Lipinski definition) is 4. The second kappa shape index (κ2) is 8.06. The van der Waals surface area contributed by atoms with Crippen molar-refractivity contribution in [1.82, 2.24) is 9.62 Å². The molecule has 1 saturated heterocycles. The monoisotopic (exact) mass is 380 g/mol. The van der Waals surface area contributed by atoms with E-state index in [0.29, 0.717) is 43.3 Å². The Labute approximate surface area is 156 Å². The van der Waals surface area contributed by atoms with Crippen molar-refractivity contribution >= 4 is 15.9 Å². The molecule has 0 aromatic heterocycles. The van der Waals surface area contributed by atoms with Gasteiger partial charge in [0.15, 0.2) is 0 Å². The van der Waals surface area contributed by atoms with E-state index in [1.54, 1.807) is 19.1 Å². The summed E-state index contributed by atoms with van der Waals surface area (Å²) in [7, 11) is -3.62. The first kappa shape index (κ1) is 19.3. The van der Waals surface area contributed by atoms with Gasteiger partial charge >= 0.3 is 0 Å². The van der Waals surface area contributed by atoms with Crippen molar-refractivity contribution in [2.75, 3.05) is 26.3 Å². The molecule has 2 atom stereocenters. The van der Waals surface area contributed by atoms with Gasteiger partial charge in [-0.15, -0.1) is 0 Å². The summed E-state index contributed by atoms with van der Waals surface area (Å²) < 4.78 is 32.6. The number of carbonyl (C=O) groups is 1. The summed E-state index contributed by atoms with van der Waals surface area (Å²) in [5.74, 6) is 0.423. The van der Waals surface area contributed by atoms with Gasteiger partial charge in [0.05, 0.1) is 18.1 Å². The van der Waals surface area contributed by atoms with E-state index in [4.69, 9.17) is 4.74 Å². The van der Waals surface area contributed by atoms with Gasteiger partial charge in [-0.2, -0.15) is 4.31 Å². The number of amides is 1. The van der Waals surface area contributed by atoms with Gasteiger partial charge in [0.2, 0.25) is 10.0 Å². The number of aryl methyl sites for hydroxylation is 1. The van der Waals surface area contributed by atoms with Gasteiger partial charge in [0.1, 0.15) is 0 Å². The van der Waals surface area contributed by atoms with Crippen molar-refractivity contribution < 1.29 is 17.9 Å². The van der Waals surface area contributed by atoms with E-state index in [1.165, 1.54) is 16.8 Å². The molecule has 1 aromatic rings. The minimum atomic E-state index is -3.62. The zero-order chi connectivity index (χ0) is 18.7. The van der Waals surface area contributed by atoms with Crippen molar-refractivity contribution in [2.45, 2.75) is 50.5 Å². The summed E-state index contributed by atoms with van der Waals surface area (Å²) in [4.78, 5) is 12.9. The third-order valence-electron chi connectivity index (χ3n) is 5.31. The Bertz CT molecular complexity index is 757. The van der Waals surface area contributed by atoms with Crippen LogP contribution in [0.4, 0.5) is 0 Å². The maximum atomic E-state index is 13.0. The van der Waals surface area contributed by atoms with E-state index >= 15 is 0 Å². The quantitative estimate of drug-likeness (QED) is 0.870. The van der Waals surface area contributed by atoms with E-state index in [-0.39, 0.29) is 16.8 Å². The third kappa shape index (κ3) is 4.27. The summed E-state index contributed by atoms with van der Waals surface area (Å²) in [5, 5.41) is 3.08. The van der Waals surface area contributed by atoms with Crippen LogP contribution in [0.2, 0.25) is 0 Å². The molecule has 0 bridgehead atoms. The molecule has 26 heavy (non-hydrogen) atoms. The van der Waals surface area contributed by atoms with Crippen LogP contribution >= 0.6 is 0 Å². The normalized spacial score (nSPS) is 25.0. The SMILES string of the molecule is Cc1ccc(C(=O)NC2CCCC(C)C2)cc1S(=O)(=O)N1CCOCC1. The Kier molecular flexibility index (Phi) is 5.99. The fourth-order valence-electron chi connectivity index (χ4n) is 3.78. The average molecular weight is 381 g/mol. The summed E-state index contributed by atoms with van der Waals surface area (Å²) in [6.07, 6.45) is 4.30. The predicted molar refractivity (Wildman–Crippen MR) is 99.6 cm³/mol. The van der Waals surface area contributed by atoms with Crippen LogP contribution in [0.3, 0.4) is 0 Å². The van der Waals surface area contributed by atoms with E-state index in [2.05, 4.69) is 12.2 Å². The predicted octanol–water partition coefficient (Wildman–Crippen LogP) is 2.32. The molecule has 3 rings (SSSR count). The number of nitrogens with one attached hydrogen (secondary N) is 1. The average Bonchev–Trinajstić information content (AvgIpc) is 2.62. The summed E-state index contributed by atoms with van der Waals surface area (Å²) in [5.41, 5.74) is 1.06. The molecule has 0 spiro atoms. The van der Waals surface area contributed by atoms with Gasteiger partial charge in [-0.05, 0) is 43.4 Å². The van der Waals surface area contributed by atoms with Crippen LogP contribution in [-0.2, 0) is 14.8 Å². The first-order chi connectivity index (χ1) is 12.4. The lowest BCUT2D eigenvalue weighted by atomic mass is 9.87. The topological polar surface area (TPSA) is 75.7 Å². The van der Waals surface area contributed by atoms with Crippen molar-refractivity contribution in [3.63, 3.8) is 0 Å². The molecule has 7 heteroatoms. The maximum Gasteiger partial charge on any atom is 0.251 e. The van der Waals surface area contributed by atoms with E-state index in [9.17, 15) is 13.2 Å². The number of sulfonamides is 1. The van der Waals surface area contributed by atoms with Crippen molar-refractivity contribution in [3.05, 3.63) is 29.3 Å². The van der Waals surface area contributed by atoms with Crippen LogP contribution in [0.15, 0.2) is 23.1 Å². The van der Waals surface area contributed by atoms with Gasteiger partial charge < -0.3 is 10.1 Å². The highest BCUT2D eigenvalue weighted by atomic mass is 32.2. The number of benzene rings is 1. The number of morpholine rings is 1. The Balaban J connectivity index is 1.79. The Morgan fingerprint density at radius 3 is 2.65 bits per heavy atom. The van der Waals surface area contributed by atoms with E-state index < -0.39 is 10.0 Å². The largest absolute Gasteiger partial charge is 0.379 e. The molecule has 0 radical (unpaired) electrons. The molecule has 1 aliphatic carbocycles. The zero-order valence-electron chi connectivity index (χ0n) is 15.5. The van der Waals surface area contributed by atoms with Crippen LogP contribution in [0.25, 0.3) is 0 Å². The van der Waals surface area contributed by atoms with E-state index in [0.717, 1.165) is 19.3 Å².